The van der Waals surface area contributed by atoms with Crippen molar-refractivity contribution in [2.75, 3.05) is 37.6 Å². The Hall–Kier alpha value is -2.80. The Kier molecular flexibility index (Phi) is 7.47. The number of unbranched alkanes of at least 4 members (excludes halogenated alkanes) is 1. The van der Waals surface area contributed by atoms with Crippen LogP contribution in [0.1, 0.15) is 55.6 Å². The van der Waals surface area contributed by atoms with Gasteiger partial charge in [-0.1, -0.05) is 44.9 Å². The first-order valence-electron chi connectivity index (χ1n) is 12.0. The standard InChI is InChI=1S/C25H35N5O2/c1-3-5-8-20(16-19-17-26-22-10-7-6-9-21(19)22)28-24(31)23-18-27-25(32-23)30-14-12-29(11-4-2)13-15-30/h6-7,9-10,17-18,20,26H,3-5,8,11-16H2,1-2H3,(H,28,31). The summed E-state index contributed by atoms with van der Waals surface area (Å²) < 4.78 is 5.87. The highest BCUT2D eigenvalue weighted by Gasteiger charge is 2.23. The molecule has 1 atom stereocenters. The Labute approximate surface area is 190 Å². The molecule has 1 unspecified atom stereocenters. The second-order valence-corrected chi connectivity index (χ2v) is 8.71. The normalized spacial score (nSPS) is 15.9. The fraction of sp³-hybridized carbons (Fsp3) is 0.520. The maximum atomic E-state index is 13.0. The number of hydrogen-bond donors (Lipinski definition) is 2. The van der Waals surface area contributed by atoms with Crippen LogP contribution in [-0.2, 0) is 6.42 Å². The number of aromatic nitrogens is 2. The minimum absolute atomic E-state index is 0.0489. The van der Waals surface area contributed by atoms with Crippen molar-refractivity contribution in [2.45, 2.75) is 52.0 Å². The van der Waals surface area contributed by atoms with Crippen LogP contribution in [0.2, 0.25) is 0 Å². The van der Waals surface area contributed by atoms with Crippen molar-refractivity contribution in [2.24, 2.45) is 0 Å². The van der Waals surface area contributed by atoms with Gasteiger partial charge < -0.3 is 19.6 Å². The van der Waals surface area contributed by atoms with Crippen molar-refractivity contribution < 1.29 is 9.21 Å². The lowest BCUT2D eigenvalue weighted by Gasteiger charge is -2.33. The zero-order valence-corrected chi connectivity index (χ0v) is 19.3. The highest BCUT2D eigenvalue weighted by atomic mass is 16.4. The maximum Gasteiger partial charge on any atom is 0.298 e. The van der Waals surface area contributed by atoms with Crippen molar-refractivity contribution in [3.05, 3.63) is 48.0 Å². The zero-order valence-electron chi connectivity index (χ0n) is 19.3. The van der Waals surface area contributed by atoms with Crippen LogP contribution < -0.4 is 10.2 Å². The summed E-state index contributed by atoms with van der Waals surface area (Å²) in [5, 5.41) is 4.41. The first-order valence-corrected chi connectivity index (χ1v) is 12.0. The van der Waals surface area contributed by atoms with Crippen molar-refractivity contribution in [1.29, 1.82) is 0 Å². The van der Waals surface area contributed by atoms with Gasteiger partial charge in [0.25, 0.3) is 11.9 Å². The fourth-order valence-corrected chi connectivity index (χ4v) is 4.49. The Balaban J connectivity index is 1.39. The van der Waals surface area contributed by atoms with Crippen LogP contribution in [0, 0.1) is 0 Å². The van der Waals surface area contributed by atoms with Gasteiger partial charge in [-0.25, -0.2) is 4.98 Å². The van der Waals surface area contributed by atoms with E-state index in [1.165, 1.54) is 17.4 Å². The SMILES string of the molecule is CCCCC(Cc1c[nH]c2ccccc12)NC(=O)c1cnc(N2CCN(CCC)CC2)o1. The van der Waals surface area contributed by atoms with E-state index in [-0.39, 0.29) is 17.7 Å². The molecule has 1 aliphatic rings. The molecular formula is C25H35N5O2. The van der Waals surface area contributed by atoms with Gasteiger partial charge in [-0.3, -0.25) is 9.69 Å². The predicted molar refractivity (Wildman–Crippen MR) is 128 cm³/mol. The molecule has 0 radical (unpaired) electrons. The number of aromatic amines is 1. The van der Waals surface area contributed by atoms with Crippen LogP contribution in [0.3, 0.4) is 0 Å². The number of nitrogens with zero attached hydrogens (tertiary/aromatic N) is 3. The molecule has 1 fully saturated rings. The number of hydrogen-bond acceptors (Lipinski definition) is 5. The Bertz CT molecular complexity index is 1000. The largest absolute Gasteiger partial charge is 0.418 e. The van der Waals surface area contributed by atoms with E-state index in [0.29, 0.717) is 6.01 Å². The summed E-state index contributed by atoms with van der Waals surface area (Å²) in [4.78, 5) is 25.3. The van der Waals surface area contributed by atoms with Gasteiger partial charge in [-0.15, -0.1) is 0 Å². The number of carbonyl (C=O) groups is 1. The van der Waals surface area contributed by atoms with Gasteiger partial charge in [0.2, 0.25) is 5.76 Å². The lowest BCUT2D eigenvalue weighted by atomic mass is 10.0. The Morgan fingerprint density at radius 2 is 2.00 bits per heavy atom. The highest BCUT2D eigenvalue weighted by molar-refractivity contribution is 5.91. The second kappa shape index (κ2) is 10.7. The molecule has 1 aliphatic heterocycles. The van der Waals surface area contributed by atoms with E-state index in [2.05, 4.69) is 63.3 Å². The van der Waals surface area contributed by atoms with Gasteiger partial charge in [0.15, 0.2) is 0 Å². The summed E-state index contributed by atoms with van der Waals surface area (Å²) in [6.45, 7) is 9.26. The fourth-order valence-electron chi connectivity index (χ4n) is 4.49. The molecule has 0 aliphatic carbocycles. The van der Waals surface area contributed by atoms with E-state index in [9.17, 15) is 4.79 Å². The van der Waals surface area contributed by atoms with Crippen LogP contribution >= 0.6 is 0 Å². The van der Waals surface area contributed by atoms with Crippen LogP contribution in [0.25, 0.3) is 10.9 Å². The molecule has 1 aromatic carbocycles. The number of amides is 1. The monoisotopic (exact) mass is 437 g/mol. The quantitative estimate of drug-likeness (QED) is 0.497. The molecule has 1 amide bonds. The summed E-state index contributed by atoms with van der Waals surface area (Å²) in [7, 11) is 0. The van der Waals surface area contributed by atoms with Crippen LogP contribution in [0.4, 0.5) is 6.01 Å². The average molecular weight is 438 g/mol. The summed E-state index contributed by atoms with van der Waals surface area (Å²) >= 11 is 0. The summed E-state index contributed by atoms with van der Waals surface area (Å²) in [5.41, 5.74) is 2.35. The van der Waals surface area contributed by atoms with Gasteiger partial charge in [0.1, 0.15) is 0 Å². The highest BCUT2D eigenvalue weighted by Crippen LogP contribution is 2.21. The summed E-state index contributed by atoms with van der Waals surface area (Å²) in [6.07, 6.45) is 8.67. The van der Waals surface area contributed by atoms with Crippen molar-refractivity contribution >= 4 is 22.8 Å². The number of oxazole rings is 1. The lowest BCUT2D eigenvalue weighted by molar-refractivity contribution is 0.0906. The number of fused-ring (bicyclic) bond motifs is 1. The molecule has 7 nitrogen and oxygen atoms in total. The molecule has 0 spiro atoms. The van der Waals surface area contributed by atoms with E-state index in [1.807, 2.05) is 6.07 Å². The second-order valence-electron chi connectivity index (χ2n) is 8.71. The molecule has 3 heterocycles. The first kappa shape index (κ1) is 22.4. The molecule has 0 saturated carbocycles. The third kappa shape index (κ3) is 5.33. The van der Waals surface area contributed by atoms with Crippen molar-refractivity contribution in [3.8, 4) is 0 Å². The minimum Gasteiger partial charge on any atom is -0.418 e. The Morgan fingerprint density at radius 3 is 2.78 bits per heavy atom. The predicted octanol–water partition coefficient (Wildman–Crippen LogP) is 4.22. The van der Waals surface area contributed by atoms with Gasteiger partial charge in [0, 0.05) is 49.3 Å². The molecule has 2 N–H and O–H groups in total. The summed E-state index contributed by atoms with van der Waals surface area (Å²) in [5.74, 6) is 0.103. The zero-order chi connectivity index (χ0) is 22.3. The molecule has 4 rings (SSSR count). The van der Waals surface area contributed by atoms with E-state index < -0.39 is 0 Å². The van der Waals surface area contributed by atoms with Gasteiger partial charge in [-0.2, -0.15) is 0 Å². The maximum absolute atomic E-state index is 13.0. The topological polar surface area (TPSA) is 77.4 Å². The first-order chi connectivity index (χ1) is 15.7. The number of carbonyl (C=O) groups excluding carboxylic acids is 1. The van der Waals surface area contributed by atoms with Crippen LogP contribution in [-0.4, -0.2) is 59.5 Å². The van der Waals surface area contributed by atoms with Crippen LogP contribution in [0.15, 0.2) is 41.1 Å². The molecule has 32 heavy (non-hydrogen) atoms. The molecule has 2 aromatic heterocycles. The van der Waals surface area contributed by atoms with Crippen molar-refractivity contribution in [3.63, 3.8) is 0 Å². The molecule has 1 saturated heterocycles. The van der Waals surface area contributed by atoms with E-state index in [0.717, 1.165) is 63.9 Å². The number of rotatable bonds is 10. The molecule has 0 bridgehead atoms. The third-order valence-electron chi connectivity index (χ3n) is 6.28. The van der Waals surface area contributed by atoms with Gasteiger partial charge in [-0.05, 0) is 37.4 Å². The average Bonchev–Trinajstić information content (AvgIpc) is 3.46. The lowest BCUT2D eigenvalue weighted by Crippen LogP contribution is -2.46. The third-order valence-corrected chi connectivity index (χ3v) is 6.28. The van der Waals surface area contributed by atoms with Gasteiger partial charge in [0.05, 0.1) is 6.20 Å². The van der Waals surface area contributed by atoms with E-state index in [1.54, 1.807) is 6.20 Å². The number of H-pyrrole nitrogens is 1. The molecule has 172 valence electrons. The minimum atomic E-state index is -0.186. The molecule has 7 heteroatoms. The number of piperazine rings is 1. The molecule has 3 aromatic rings. The number of nitrogens with one attached hydrogen (secondary N) is 2. The van der Waals surface area contributed by atoms with E-state index in [4.69, 9.17) is 4.42 Å². The van der Waals surface area contributed by atoms with Crippen LogP contribution in [0.5, 0.6) is 0 Å². The summed E-state index contributed by atoms with van der Waals surface area (Å²) in [6, 6.07) is 8.89. The number of anilines is 1. The number of para-hydroxylation sites is 1. The smallest absolute Gasteiger partial charge is 0.298 e. The molecular weight excluding hydrogens is 402 g/mol. The Morgan fingerprint density at radius 1 is 1.19 bits per heavy atom. The van der Waals surface area contributed by atoms with E-state index >= 15 is 0 Å². The number of benzene rings is 1. The van der Waals surface area contributed by atoms with Crippen molar-refractivity contribution in [1.82, 2.24) is 20.2 Å². The van der Waals surface area contributed by atoms with Gasteiger partial charge >= 0.3 is 0 Å².